The van der Waals surface area contributed by atoms with Gasteiger partial charge in [-0.2, -0.15) is 0 Å². The molecule has 0 atom stereocenters. The third-order valence-corrected chi connectivity index (χ3v) is 3.57. The molecule has 0 aliphatic heterocycles. The minimum atomic E-state index is -0.250. The first kappa shape index (κ1) is 21.7. The standard InChI is InChI=1S/C14H22ClN3O2.C2H6O/c1-3-18(4-2)6-5-17-14(20)11-8-12(15)13(16)7-10(11)9-19;1-2-3/h7-8,19H,3-6,9,16H2,1-2H3,(H,17,20);3H,2H2,1H3. The zero-order valence-corrected chi connectivity index (χ0v) is 14.9. The number of carbonyl (C=O) groups is 1. The van der Waals surface area contributed by atoms with Crippen molar-refractivity contribution >= 4 is 23.2 Å². The predicted molar refractivity (Wildman–Crippen MR) is 94.7 cm³/mol. The van der Waals surface area contributed by atoms with Crippen molar-refractivity contribution in [2.45, 2.75) is 27.4 Å². The molecule has 1 aromatic carbocycles. The minimum absolute atomic E-state index is 0.247. The summed E-state index contributed by atoms with van der Waals surface area (Å²) in [5.74, 6) is -0.247. The Morgan fingerprint density at radius 3 is 2.30 bits per heavy atom. The van der Waals surface area contributed by atoms with Gasteiger partial charge in [0, 0.05) is 25.3 Å². The van der Waals surface area contributed by atoms with Gasteiger partial charge in [0.15, 0.2) is 0 Å². The number of rotatable bonds is 7. The molecule has 1 aromatic rings. The van der Waals surface area contributed by atoms with Crippen molar-refractivity contribution < 1.29 is 15.0 Å². The molecule has 1 amide bonds. The number of anilines is 1. The number of hydrogen-bond acceptors (Lipinski definition) is 5. The second-order valence-corrected chi connectivity index (χ2v) is 5.20. The number of nitrogens with zero attached hydrogens (tertiary/aromatic N) is 1. The molecule has 0 heterocycles. The van der Waals surface area contributed by atoms with Gasteiger partial charge in [0.25, 0.3) is 5.91 Å². The van der Waals surface area contributed by atoms with Gasteiger partial charge in [-0.3, -0.25) is 4.79 Å². The fourth-order valence-electron chi connectivity index (χ4n) is 1.94. The van der Waals surface area contributed by atoms with Crippen LogP contribution in [0.1, 0.15) is 36.7 Å². The summed E-state index contributed by atoms with van der Waals surface area (Å²) >= 11 is 5.92. The van der Waals surface area contributed by atoms with Crippen LogP contribution in [0.3, 0.4) is 0 Å². The maximum absolute atomic E-state index is 12.1. The Hall–Kier alpha value is -1.34. The van der Waals surface area contributed by atoms with Crippen molar-refractivity contribution in [2.75, 3.05) is 38.5 Å². The van der Waals surface area contributed by atoms with Gasteiger partial charge >= 0.3 is 0 Å². The van der Waals surface area contributed by atoms with E-state index in [0.717, 1.165) is 19.6 Å². The topological polar surface area (TPSA) is 98.8 Å². The summed E-state index contributed by atoms with van der Waals surface area (Å²) in [7, 11) is 0. The van der Waals surface area contributed by atoms with Crippen molar-refractivity contribution in [3.63, 3.8) is 0 Å². The second-order valence-electron chi connectivity index (χ2n) is 4.79. The molecule has 0 aliphatic carbocycles. The van der Waals surface area contributed by atoms with Gasteiger partial charge in [-0.05, 0) is 37.7 Å². The van der Waals surface area contributed by atoms with Crippen LogP contribution < -0.4 is 11.1 Å². The highest BCUT2D eigenvalue weighted by Gasteiger charge is 2.13. The lowest BCUT2D eigenvalue weighted by Gasteiger charge is -2.18. The molecular weight excluding hydrogens is 318 g/mol. The number of nitrogens with one attached hydrogen (secondary N) is 1. The van der Waals surface area contributed by atoms with Crippen LogP contribution in [-0.2, 0) is 6.61 Å². The number of aliphatic hydroxyl groups is 2. The van der Waals surface area contributed by atoms with Crippen LogP contribution in [0.25, 0.3) is 0 Å². The molecule has 5 N–H and O–H groups in total. The Kier molecular flexibility index (Phi) is 11.4. The summed E-state index contributed by atoms with van der Waals surface area (Å²) in [5, 5.41) is 20.0. The molecule has 0 spiro atoms. The Morgan fingerprint density at radius 1 is 1.26 bits per heavy atom. The second kappa shape index (κ2) is 12.1. The summed E-state index contributed by atoms with van der Waals surface area (Å²) in [5.41, 5.74) is 6.86. The number of halogens is 1. The molecule has 23 heavy (non-hydrogen) atoms. The van der Waals surface area contributed by atoms with E-state index in [0.29, 0.717) is 28.4 Å². The fourth-order valence-corrected chi connectivity index (χ4v) is 2.11. The number of likely N-dealkylation sites (N-methyl/N-ethyl adjacent to an activating group) is 1. The zero-order valence-electron chi connectivity index (χ0n) is 14.1. The molecule has 7 heteroatoms. The van der Waals surface area contributed by atoms with Crippen LogP contribution >= 0.6 is 11.6 Å². The van der Waals surface area contributed by atoms with Crippen molar-refractivity contribution in [3.8, 4) is 0 Å². The summed E-state index contributed by atoms with van der Waals surface area (Å²) in [6.07, 6.45) is 0. The first-order valence-electron chi connectivity index (χ1n) is 7.75. The van der Waals surface area contributed by atoms with E-state index in [9.17, 15) is 9.90 Å². The third kappa shape index (κ3) is 7.65. The largest absolute Gasteiger partial charge is 0.398 e. The lowest BCUT2D eigenvalue weighted by molar-refractivity contribution is 0.0946. The van der Waals surface area contributed by atoms with E-state index in [-0.39, 0.29) is 19.1 Å². The maximum atomic E-state index is 12.1. The average molecular weight is 346 g/mol. The van der Waals surface area contributed by atoms with E-state index in [1.54, 1.807) is 6.92 Å². The zero-order chi connectivity index (χ0) is 17.8. The number of nitrogens with two attached hydrogens (primary N) is 1. The highest BCUT2D eigenvalue weighted by Crippen LogP contribution is 2.23. The predicted octanol–water partition coefficient (Wildman–Crippen LogP) is 1.48. The molecule has 6 nitrogen and oxygen atoms in total. The average Bonchev–Trinajstić information content (AvgIpc) is 2.54. The van der Waals surface area contributed by atoms with E-state index in [4.69, 9.17) is 22.4 Å². The number of carbonyl (C=O) groups excluding carboxylic acids is 1. The van der Waals surface area contributed by atoms with Crippen LogP contribution in [0, 0.1) is 0 Å². The maximum Gasteiger partial charge on any atom is 0.251 e. The minimum Gasteiger partial charge on any atom is -0.398 e. The van der Waals surface area contributed by atoms with Crippen molar-refractivity contribution in [2.24, 2.45) is 0 Å². The summed E-state index contributed by atoms with van der Waals surface area (Å²) in [4.78, 5) is 14.3. The molecule has 0 saturated carbocycles. The molecule has 0 bridgehead atoms. The van der Waals surface area contributed by atoms with Gasteiger partial charge in [-0.1, -0.05) is 25.4 Å². The Balaban J connectivity index is 0.00000149. The first-order valence-corrected chi connectivity index (χ1v) is 8.12. The summed E-state index contributed by atoms with van der Waals surface area (Å²) in [6.45, 7) is 9.07. The normalized spacial score (nSPS) is 10.2. The molecule has 0 saturated heterocycles. The van der Waals surface area contributed by atoms with E-state index < -0.39 is 0 Å². The van der Waals surface area contributed by atoms with E-state index in [1.165, 1.54) is 12.1 Å². The lowest BCUT2D eigenvalue weighted by atomic mass is 10.1. The number of benzene rings is 1. The Bertz CT molecular complexity index is 480. The monoisotopic (exact) mass is 345 g/mol. The van der Waals surface area contributed by atoms with E-state index in [1.807, 2.05) is 0 Å². The number of aliphatic hydroxyl groups excluding tert-OH is 2. The number of hydrogen-bond donors (Lipinski definition) is 4. The molecule has 0 radical (unpaired) electrons. The molecule has 0 unspecified atom stereocenters. The van der Waals surface area contributed by atoms with Gasteiger partial charge < -0.3 is 26.2 Å². The quantitative estimate of drug-likeness (QED) is 0.561. The summed E-state index contributed by atoms with van der Waals surface area (Å²) < 4.78 is 0. The fraction of sp³-hybridized carbons (Fsp3) is 0.562. The Labute approximate surface area is 143 Å². The van der Waals surface area contributed by atoms with Gasteiger partial charge in [0.2, 0.25) is 0 Å². The van der Waals surface area contributed by atoms with Crippen LogP contribution in [0.5, 0.6) is 0 Å². The number of amides is 1. The van der Waals surface area contributed by atoms with Crippen LogP contribution in [0.4, 0.5) is 5.69 Å². The van der Waals surface area contributed by atoms with Crippen LogP contribution in [0.15, 0.2) is 12.1 Å². The molecular formula is C16H28ClN3O3. The molecule has 0 aliphatic rings. The van der Waals surface area contributed by atoms with Crippen LogP contribution in [-0.4, -0.2) is 53.8 Å². The van der Waals surface area contributed by atoms with E-state index in [2.05, 4.69) is 24.1 Å². The molecule has 132 valence electrons. The molecule has 1 rings (SSSR count). The Morgan fingerprint density at radius 2 is 1.83 bits per heavy atom. The van der Waals surface area contributed by atoms with Gasteiger partial charge in [-0.25, -0.2) is 0 Å². The highest BCUT2D eigenvalue weighted by molar-refractivity contribution is 6.33. The lowest BCUT2D eigenvalue weighted by Crippen LogP contribution is -2.35. The van der Waals surface area contributed by atoms with Crippen LogP contribution in [0.2, 0.25) is 5.02 Å². The number of nitrogen functional groups attached to an aromatic ring is 1. The van der Waals surface area contributed by atoms with Crippen molar-refractivity contribution in [1.29, 1.82) is 0 Å². The van der Waals surface area contributed by atoms with E-state index >= 15 is 0 Å². The summed E-state index contributed by atoms with van der Waals surface area (Å²) in [6, 6.07) is 3.02. The van der Waals surface area contributed by atoms with Crippen molar-refractivity contribution in [3.05, 3.63) is 28.3 Å². The smallest absolute Gasteiger partial charge is 0.251 e. The van der Waals surface area contributed by atoms with Gasteiger partial charge in [0.05, 0.1) is 17.3 Å². The van der Waals surface area contributed by atoms with Crippen molar-refractivity contribution in [1.82, 2.24) is 10.2 Å². The highest BCUT2D eigenvalue weighted by atomic mass is 35.5. The molecule has 0 aromatic heterocycles. The SMILES string of the molecule is CCN(CC)CCNC(=O)c1cc(Cl)c(N)cc1CO.CCO. The van der Waals surface area contributed by atoms with Gasteiger partial charge in [-0.15, -0.1) is 0 Å². The first-order chi connectivity index (χ1) is 10.9. The van der Waals surface area contributed by atoms with Gasteiger partial charge in [0.1, 0.15) is 0 Å². The third-order valence-electron chi connectivity index (χ3n) is 3.25. The molecule has 0 fully saturated rings.